The molecule has 22 heavy (non-hydrogen) atoms. The number of hydrogen-bond donors (Lipinski definition) is 1. The Balaban J connectivity index is 2.75. The van der Waals surface area contributed by atoms with Crippen molar-refractivity contribution in [2.45, 2.75) is 83.8 Å². The van der Waals surface area contributed by atoms with Crippen LogP contribution in [0.1, 0.15) is 48.0 Å². The highest BCUT2D eigenvalue weighted by atomic mass is 28.4. The number of carbonyl (C=O) groups is 1. The molecule has 1 rings (SSSR count). The summed E-state index contributed by atoms with van der Waals surface area (Å²) in [6.07, 6.45) is 0.564. The van der Waals surface area contributed by atoms with E-state index < -0.39 is 13.9 Å². The first-order chi connectivity index (χ1) is 9.77. The summed E-state index contributed by atoms with van der Waals surface area (Å²) in [6.45, 7) is 17.8. The van der Waals surface area contributed by atoms with E-state index in [2.05, 4.69) is 33.9 Å². The molecule has 1 fully saturated rings. The molecule has 0 aromatic heterocycles. The van der Waals surface area contributed by atoms with E-state index in [1.807, 2.05) is 20.8 Å². The van der Waals surface area contributed by atoms with E-state index in [0.717, 1.165) is 6.42 Å². The van der Waals surface area contributed by atoms with Crippen LogP contribution in [0.2, 0.25) is 18.1 Å². The van der Waals surface area contributed by atoms with E-state index in [9.17, 15) is 4.79 Å². The number of amides is 1. The van der Waals surface area contributed by atoms with E-state index in [-0.39, 0.29) is 23.3 Å². The van der Waals surface area contributed by atoms with Crippen molar-refractivity contribution in [1.29, 1.82) is 0 Å². The van der Waals surface area contributed by atoms with Crippen LogP contribution < -0.4 is 5.73 Å². The lowest BCUT2D eigenvalue weighted by molar-refractivity contribution is 0.0216. The molecule has 1 saturated heterocycles. The average Bonchev–Trinajstić information content (AvgIpc) is 2.67. The van der Waals surface area contributed by atoms with Gasteiger partial charge in [0.25, 0.3) is 0 Å². The fourth-order valence-electron chi connectivity index (χ4n) is 2.32. The third-order valence-corrected chi connectivity index (χ3v) is 9.08. The van der Waals surface area contributed by atoms with Gasteiger partial charge in [-0.1, -0.05) is 20.8 Å². The van der Waals surface area contributed by atoms with E-state index in [0.29, 0.717) is 13.1 Å². The molecule has 1 aliphatic heterocycles. The van der Waals surface area contributed by atoms with Gasteiger partial charge in [-0.3, -0.25) is 0 Å². The van der Waals surface area contributed by atoms with Crippen LogP contribution in [-0.4, -0.2) is 50.1 Å². The summed E-state index contributed by atoms with van der Waals surface area (Å²) in [5.74, 6) is 0. The maximum atomic E-state index is 12.3. The van der Waals surface area contributed by atoms with Crippen LogP contribution in [-0.2, 0) is 9.16 Å². The summed E-state index contributed by atoms with van der Waals surface area (Å²) in [5, 5.41) is 0.157. The van der Waals surface area contributed by atoms with Crippen LogP contribution in [0.5, 0.6) is 0 Å². The highest BCUT2D eigenvalue weighted by Gasteiger charge is 2.44. The largest absolute Gasteiger partial charge is 0.444 e. The number of nitrogens with two attached hydrogens (primary N) is 1. The fraction of sp³-hybridized carbons (Fsp3) is 0.938. The summed E-state index contributed by atoms with van der Waals surface area (Å²) in [6, 6.07) is 0.00428. The van der Waals surface area contributed by atoms with Crippen LogP contribution in [0.15, 0.2) is 0 Å². The van der Waals surface area contributed by atoms with E-state index >= 15 is 0 Å². The standard InChI is InChI=1S/C16H34N2O3Si/c1-15(2,3)20-14(19)18-11-13(9-12(18)10-17)21-22(7,8)16(4,5)6/h12-13H,9-11,17H2,1-8H3/t12-,13-/m1/s1. The van der Waals surface area contributed by atoms with E-state index in [4.69, 9.17) is 14.9 Å². The quantitative estimate of drug-likeness (QED) is 0.806. The Labute approximate surface area is 136 Å². The van der Waals surface area contributed by atoms with Crippen LogP contribution >= 0.6 is 0 Å². The molecular formula is C16H34N2O3Si. The van der Waals surface area contributed by atoms with Crippen molar-refractivity contribution in [1.82, 2.24) is 4.90 Å². The van der Waals surface area contributed by atoms with Gasteiger partial charge in [-0.25, -0.2) is 4.79 Å². The van der Waals surface area contributed by atoms with E-state index in [1.54, 1.807) is 4.90 Å². The van der Waals surface area contributed by atoms with Crippen molar-refractivity contribution in [2.24, 2.45) is 5.73 Å². The molecule has 1 aliphatic rings. The van der Waals surface area contributed by atoms with Crippen LogP contribution in [0.3, 0.4) is 0 Å². The fourth-order valence-corrected chi connectivity index (χ4v) is 3.68. The van der Waals surface area contributed by atoms with Gasteiger partial charge in [0.15, 0.2) is 8.32 Å². The van der Waals surface area contributed by atoms with Gasteiger partial charge < -0.3 is 19.8 Å². The lowest BCUT2D eigenvalue weighted by Crippen LogP contribution is -2.45. The molecule has 0 aromatic carbocycles. The second kappa shape index (κ2) is 6.49. The zero-order valence-corrected chi connectivity index (χ0v) is 16.5. The molecular weight excluding hydrogens is 296 g/mol. The topological polar surface area (TPSA) is 64.8 Å². The maximum Gasteiger partial charge on any atom is 0.410 e. The molecule has 0 aromatic rings. The van der Waals surface area contributed by atoms with Crippen molar-refractivity contribution < 1.29 is 14.0 Å². The first-order valence-electron chi connectivity index (χ1n) is 8.14. The van der Waals surface area contributed by atoms with Gasteiger partial charge in [-0.2, -0.15) is 0 Å². The Morgan fingerprint density at radius 1 is 1.23 bits per heavy atom. The molecule has 0 saturated carbocycles. The van der Waals surface area contributed by atoms with Crippen molar-refractivity contribution in [3.63, 3.8) is 0 Å². The molecule has 2 atom stereocenters. The monoisotopic (exact) mass is 330 g/mol. The molecule has 1 amide bonds. The molecule has 0 radical (unpaired) electrons. The molecule has 0 aliphatic carbocycles. The minimum atomic E-state index is -1.84. The normalized spacial score (nSPS) is 23.8. The maximum absolute atomic E-state index is 12.3. The minimum absolute atomic E-state index is 0.00428. The second-order valence-corrected chi connectivity index (χ2v) is 13.5. The van der Waals surface area contributed by atoms with Crippen molar-refractivity contribution >= 4 is 14.4 Å². The molecule has 6 heteroatoms. The Morgan fingerprint density at radius 2 is 1.77 bits per heavy atom. The first kappa shape index (κ1) is 19.5. The van der Waals surface area contributed by atoms with Gasteiger partial charge >= 0.3 is 6.09 Å². The predicted molar refractivity (Wildman–Crippen MR) is 92.5 cm³/mol. The summed E-state index contributed by atoms with van der Waals surface area (Å²) in [7, 11) is -1.84. The number of carbonyl (C=O) groups excluding carboxylic acids is 1. The molecule has 1 heterocycles. The van der Waals surface area contributed by atoms with Gasteiger partial charge in [0, 0.05) is 19.1 Å². The Bertz CT molecular complexity index is 399. The summed E-state index contributed by atoms with van der Waals surface area (Å²) in [5.41, 5.74) is 5.35. The zero-order valence-electron chi connectivity index (χ0n) is 15.5. The summed E-state index contributed by atoms with van der Waals surface area (Å²) >= 11 is 0. The third kappa shape index (κ3) is 4.96. The molecule has 130 valence electrons. The third-order valence-electron chi connectivity index (χ3n) is 4.54. The Morgan fingerprint density at radius 3 is 2.18 bits per heavy atom. The molecule has 0 bridgehead atoms. The van der Waals surface area contributed by atoms with Crippen LogP contribution in [0, 0.1) is 0 Å². The lowest BCUT2D eigenvalue weighted by atomic mass is 10.2. The molecule has 0 spiro atoms. The lowest BCUT2D eigenvalue weighted by Gasteiger charge is -2.38. The number of ether oxygens (including phenoxy) is 1. The van der Waals surface area contributed by atoms with Gasteiger partial charge in [0.2, 0.25) is 0 Å². The van der Waals surface area contributed by atoms with E-state index in [1.165, 1.54) is 0 Å². The summed E-state index contributed by atoms with van der Waals surface area (Å²) < 4.78 is 11.9. The Hall–Kier alpha value is -0.593. The second-order valence-electron chi connectivity index (χ2n) is 8.76. The number of likely N-dealkylation sites (tertiary alicyclic amines) is 1. The summed E-state index contributed by atoms with van der Waals surface area (Å²) in [4.78, 5) is 14.1. The smallest absolute Gasteiger partial charge is 0.410 e. The minimum Gasteiger partial charge on any atom is -0.444 e. The molecule has 2 N–H and O–H groups in total. The van der Waals surface area contributed by atoms with Gasteiger partial charge in [-0.05, 0) is 45.3 Å². The highest BCUT2D eigenvalue weighted by Crippen LogP contribution is 2.39. The first-order valence-corrected chi connectivity index (χ1v) is 11.0. The SMILES string of the molecule is CC(C)(C)OC(=O)N1C[C@H](O[Si](C)(C)C(C)(C)C)C[C@@H]1CN. The molecule has 0 unspecified atom stereocenters. The van der Waals surface area contributed by atoms with Gasteiger partial charge in [0.1, 0.15) is 5.60 Å². The highest BCUT2D eigenvalue weighted by molar-refractivity contribution is 6.74. The average molecular weight is 331 g/mol. The van der Waals surface area contributed by atoms with Crippen LogP contribution in [0.25, 0.3) is 0 Å². The number of rotatable bonds is 3. The van der Waals surface area contributed by atoms with Crippen LogP contribution in [0.4, 0.5) is 4.79 Å². The number of hydrogen-bond acceptors (Lipinski definition) is 4. The van der Waals surface area contributed by atoms with Gasteiger partial charge in [-0.15, -0.1) is 0 Å². The molecule has 5 nitrogen and oxygen atoms in total. The Kier molecular flexibility index (Phi) is 5.74. The van der Waals surface area contributed by atoms with Gasteiger partial charge in [0.05, 0.1) is 6.10 Å². The van der Waals surface area contributed by atoms with Crippen molar-refractivity contribution in [2.75, 3.05) is 13.1 Å². The predicted octanol–water partition coefficient (Wildman–Crippen LogP) is 3.34. The zero-order chi connectivity index (χ0) is 17.3. The van der Waals surface area contributed by atoms with Crippen molar-refractivity contribution in [3.05, 3.63) is 0 Å². The van der Waals surface area contributed by atoms with Crippen molar-refractivity contribution in [3.8, 4) is 0 Å². The number of nitrogens with zero attached hydrogens (tertiary/aromatic N) is 1.